The smallest absolute Gasteiger partial charge is 0.348 e. The van der Waals surface area contributed by atoms with Gasteiger partial charge in [0.05, 0.1) is 48.9 Å². The number of hydrogen-bond acceptors (Lipinski definition) is 6. The van der Waals surface area contributed by atoms with E-state index in [1.807, 2.05) is 0 Å². The Kier molecular flexibility index (Phi) is 6.62. The maximum Gasteiger partial charge on any atom is 0.419 e. The Bertz CT molecular complexity index is 1230. The predicted molar refractivity (Wildman–Crippen MR) is 94.2 cm³/mol. The molecule has 0 aromatic heterocycles. The zero-order chi connectivity index (χ0) is 26.4. The molecule has 0 amide bonds. The maximum absolute atomic E-state index is 13.5. The first-order valence-electron chi connectivity index (χ1n) is 8.02. The summed E-state index contributed by atoms with van der Waals surface area (Å²) in [6, 6.07) is 0.215. The van der Waals surface area contributed by atoms with Crippen molar-refractivity contribution >= 4 is 34.4 Å². The highest BCUT2D eigenvalue weighted by atomic mass is 35.5. The van der Waals surface area contributed by atoms with Gasteiger partial charge in [-0.1, -0.05) is 11.6 Å². The Hall–Kier alpha value is -3.81. The number of benzene rings is 2. The molecule has 34 heavy (non-hydrogen) atoms. The summed E-state index contributed by atoms with van der Waals surface area (Å²) in [7, 11) is 0. The number of nitriles is 1. The number of nitro groups is 2. The Morgan fingerprint density at radius 3 is 1.76 bits per heavy atom. The molecule has 0 bridgehead atoms. The quantitative estimate of drug-likeness (QED) is 0.267. The van der Waals surface area contributed by atoms with E-state index in [0.717, 1.165) is 0 Å². The summed E-state index contributed by atoms with van der Waals surface area (Å²) in [4.78, 5) is 19.1. The first-order valence-corrected chi connectivity index (χ1v) is 8.40. The lowest BCUT2D eigenvalue weighted by atomic mass is 9.99. The van der Waals surface area contributed by atoms with Crippen LogP contribution >= 0.6 is 11.6 Å². The summed E-state index contributed by atoms with van der Waals surface area (Å²) in [5, 5.41) is 30.7. The normalized spacial score (nSPS) is 12.3. The van der Waals surface area contributed by atoms with Crippen LogP contribution in [0.15, 0.2) is 18.2 Å². The molecular formula is C16H4ClF9N4O4. The van der Waals surface area contributed by atoms with Gasteiger partial charge in [-0.25, -0.2) is 0 Å². The van der Waals surface area contributed by atoms with Crippen molar-refractivity contribution in [3.63, 3.8) is 0 Å². The largest absolute Gasteiger partial charge is 0.419 e. The monoisotopic (exact) mass is 522 g/mol. The van der Waals surface area contributed by atoms with Crippen molar-refractivity contribution in [1.82, 2.24) is 0 Å². The second-order valence-corrected chi connectivity index (χ2v) is 6.55. The highest BCUT2D eigenvalue weighted by molar-refractivity contribution is 6.34. The topological polar surface area (TPSA) is 122 Å². The van der Waals surface area contributed by atoms with E-state index in [4.69, 9.17) is 16.9 Å². The fourth-order valence-electron chi connectivity index (χ4n) is 2.71. The molecule has 0 radical (unpaired) electrons. The molecule has 0 heterocycles. The number of hydrogen-bond donors (Lipinski definition) is 1. The van der Waals surface area contributed by atoms with E-state index < -0.39 is 78.4 Å². The van der Waals surface area contributed by atoms with E-state index in [-0.39, 0.29) is 18.2 Å². The molecule has 18 heteroatoms. The van der Waals surface area contributed by atoms with Gasteiger partial charge in [0.15, 0.2) is 0 Å². The van der Waals surface area contributed by atoms with Crippen molar-refractivity contribution in [3.05, 3.63) is 65.7 Å². The van der Waals surface area contributed by atoms with Crippen molar-refractivity contribution in [1.29, 1.82) is 5.26 Å². The van der Waals surface area contributed by atoms with Gasteiger partial charge in [0.2, 0.25) is 0 Å². The Labute approximate surface area is 185 Å². The molecule has 0 fully saturated rings. The molecule has 0 aliphatic heterocycles. The van der Waals surface area contributed by atoms with E-state index >= 15 is 0 Å². The third-order valence-corrected chi connectivity index (χ3v) is 4.43. The number of alkyl halides is 9. The van der Waals surface area contributed by atoms with E-state index in [0.29, 0.717) is 6.07 Å². The summed E-state index contributed by atoms with van der Waals surface area (Å²) >= 11 is 5.47. The zero-order valence-corrected chi connectivity index (χ0v) is 16.2. The third kappa shape index (κ3) is 5.06. The molecule has 0 aliphatic rings. The van der Waals surface area contributed by atoms with E-state index in [9.17, 15) is 59.7 Å². The second-order valence-electron chi connectivity index (χ2n) is 6.17. The molecule has 0 unspecified atom stereocenters. The Morgan fingerprint density at radius 2 is 1.38 bits per heavy atom. The average molecular weight is 523 g/mol. The van der Waals surface area contributed by atoms with Crippen molar-refractivity contribution in [3.8, 4) is 6.07 Å². The van der Waals surface area contributed by atoms with Crippen LogP contribution < -0.4 is 5.32 Å². The molecule has 0 spiro atoms. The summed E-state index contributed by atoms with van der Waals surface area (Å²) in [6.45, 7) is 0. The van der Waals surface area contributed by atoms with Crippen LogP contribution in [0.4, 0.5) is 62.3 Å². The second kappa shape index (κ2) is 8.52. The lowest BCUT2D eigenvalue weighted by molar-refractivity contribution is -0.394. The van der Waals surface area contributed by atoms with Crippen LogP contribution in [0.2, 0.25) is 5.02 Å². The van der Waals surface area contributed by atoms with Gasteiger partial charge in [-0.3, -0.25) is 20.2 Å². The Balaban J connectivity index is 3.01. The van der Waals surface area contributed by atoms with Gasteiger partial charge >= 0.3 is 18.5 Å². The van der Waals surface area contributed by atoms with E-state index in [1.165, 1.54) is 5.32 Å². The molecule has 0 saturated carbocycles. The molecule has 0 atom stereocenters. The SMILES string of the molecule is N#Cc1c(C(F)(F)F)cc(Nc2c([N+](=O)[O-])cc([N+](=O)[O-])cc2C(F)(F)F)c(Cl)c1C(F)(F)F. The van der Waals surface area contributed by atoms with Crippen molar-refractivity contribution in [2.45, 2.75) is 18.5 Å². The van der Waals surface area contributed by atoms with Crippen LogP contribution in [-0.2, 0) is 18.5 Å². The summed E-state index contributed by atoms with van der Waals surface area (Å²) in [5.41, 5.74) is -15.2. The molecule has 8 nitrogen and oxygen atoms in total. The highest BCUT2D eigenvalue weighted by Crippen LogP contribution is 2.49. The van der Waals surface area contributed by atoms with Gasteiger partial charge in [-0.2, -0.15) is 44.8 Å². The minimum absolute atomic E-state index is 0.00443. The number of nitro benzene ring substituents is 2. The molecule has 2 rings (SSSR count). The lowest BCUT2D eigenvalue weighted by Gasteiger charge is -2.21. The van der Waals surface area contributed by atoms with E-state index in [1.54, 1.807) is 0 Å². The molecule has 0 saturated heterocycles. The molecular weight excluding hydrogens is 519 g/mol. The number of halogens is 10. The van der Waals surface area contributed by atoms with Crippen molar-refractivity contribution in [2.75, 3.05) is 5.32 Å². The third-order valence-electron chi connectivity index (χ3n) is 4.04. The standard InChI is InChI=1S/C16H4ClF9N4O4/c17-12-9(3-7(14(18,19)20)6(4-27)11(12)16(24,25)26)28-13-8(15(21,22)23)1-5(29(31)32)2-10(13)30(33)34/h1-3,28H. The van der Waals surface area contributed by atoms with E-state index in [2.05, 4.69) is 0 Å². The van der Waals surface area contributed by atoms with Crippen LogP contribution in [0.5, 0.6) is 0 Å². The predicted octanol–water partition coefficient (Wildman–Crippen LogP) is 6.83. The number of anilines is 2. The van der Waals surface area contributed by atoms with Gasteiger partial charge in [0, 0.05) is 6.07 Å². The van der Waals surface area contributed by atoms with Crippen LogP contribution in [0.1, 0.15) is 22.3 Å². The van der Waals surface area contributed by atoms with Gasteiger partial charge in [0.25, 0.3) is 11.4 Å². The molecule has 2 aromatic carbocycles. The van der Waals surface area contributed by atoms with Crippen molar-refractivity contribution < 1.29 is 49.4 Å². The summed E-state index contributed by atoms with van der Waals surface area (Å²) < 4.78 is 121. The first-order chi connectivity index (χ1) is 15.3. The van der Waals surface area contributed by atoms with Crippen LogP contribution in [-0.4, -0.2) is 9.85 Å². The molecule has 1 N–H and O–H groups in total. The minimum Gasteiger partial charge on any atom is -0.348 e. The van der Waals surface area contributed by atoms with Crippen molar-refractivity contribution in [2.24, 2.45) is 0 Å². The maximum atomic E-state index is 13.5. The van der Waals surface area contributed by atoms with Crippen LogP contribution in [0, 0.1) is 31.6 Å². The fourth-order valence-corrected chi connectivity index (χ4v) is 3.01. The molecule has 2 aromatic rings. The van der Waals surface area contributed by atoms with Gasteiger partial charge < -0.3 is 5.32 Å². The first kappa shape index (κ1) is 26.4. The van der Waals surface area contributed by atoms with Gasteiger partial charge in [-0.15, -0.1) is 0 Å². The van der Waals surface area contributed by atoms with Crippen LogP contribution in [0.25, 0.3) is 0 Å². The minimum atomic E-state index is -5.71. The van der Waals surface area contributed by atoms with Gasteiger partial charge in [-0.05, 0) is 6.07 Å². The number of rotatable bonds is 4. The average Bonchev–Trinajstić information content (AvgIpc) is 2.65. The Morgan fingerprint density at radius 1 is 0.853 bits per heavy atom. The fraction of sp³-hybridized carbons (Fsp3) is 0.188. The van der Waals surface area contributed by atoms with Crippen LogP contribution in [0.3, 0.4) is 0 Å². The lowest BCUT2D eigenvalue weighted by Crippen LogP contribution is -2.18. The van der Waals surface area contributed by atoms with Gasteiger partial charge in [0.1, 0.15) is 11.8 Å². The number of nitrogens with zero attached hydrogens (tertiary/aromatic N) is 3. The molecule has 182 valence electrons. The number of nitrogens with one attached hydrogen (secondary N) is 1. The summed E-state index contributed by atoms with van der Waals surface area (Å²) in [6.07, 6.45) is -17.0. The number of non-ortho nitro benzene ring substituents is 1. The summed E-state index contributed by atoms with van der Waals surface area (Å²) in [5.74, 6) is 0. The molecule has 0 aliphatic carbocycles. The zero-order valence-electron chi connectivity index (χ0n) is 15.5. The highest BCUT2D eigenvalue weighted by Gasteiger charge is 2.45.